The van der Waals surface area contributed by atoms with Gasteiger partial charge >= 0.3 is 0 Å². The number of rotatable bonds is 4. The maximum Gasteiger partial charge on any atom is 0.243 e. The number of benzene rings is 1. The van der Waals surface area contributed by atoms with E-state index in [1.165, 1.54) is 18.3 Å². The van der Waals surface area contributed by atoms with E-state index in [0.29, 0.717) is 17.2 Å². The number of hydrogen-bond acceptors (Lipinski definition) is 5. The molecular formula is C16H17FN6. The third-order valence-corrected chi connectivity index (χ3v) is 3.76. The van der Waals surface area contributed by atoms with Crippen LogP contribution in [-0.4, -0.2) is 25.0 Å². The van der Waals surface area contributed by atoms with Crippen LogP contribution < -0.4 is 5.32 Å². The highest BCUT2D eigenvalue weighted by atomic mass is 19.1. The van der Waals surface area contributed by atoms with Crippen molar-refractivity contribution in [2.75, 3.05) is 5.32 Å². The van der Waals surface area contributed by atoms with Gasteiger partial charge in [-0.2, -0.15) is 10.2 Å². The second-order valence-corrected chi connectivity index (χ2v) is 5.35. The molecule has 1 atom stereocenters. The third kappa shape index (κ3) is 3.18. The zero-order valence-electron chi connectivity index (χ0n) is 13.2. The molecule has 0 spiro atoms. The van der Waals surface area contributed by atoms with Crippen molar-refractivity contribution < 1.29 is 4.39 Å². The van der Waals surface area contributed by atoms with Gasteiger partial charge < -0.3 is 5.32 Å². The fourth-order valence-electron chi connectivity index (χ4n) is 2.36. The number of halogens is 1. The first kappa shape index (κ1) is 15.1. The molecule has 2 aromatic heterocycles. The lowest BCUT2D eigenvalue weighted by atomic mass is 10.1. The smallest absolute Gasteiger partial charge is 0.243 e. The molecule has 1 aromatic carbocycles. The molecule has 0 aliphatic rings. The number of aromatic nitrogens is 5. The Kier molecular flexibility index (Phi) is 4.01. The highest BCUT2D eigenvalue weighted by molar-refractivity contribution is 5.59. The molecule has 0 saturated heterocycles. The minimum Gasteiger partial charge on any atom is -0.346 e. The maximum atomic E-state index is 13.3. The fourth-order valence-corrected chi connectivity index (χ4v) is 2.36. The van der Waals surface area contributed by atoms with Crippen molar-refractivity contribution >= 4 is 5.95 Å². The van der Waals surface area contributed by atoms with Crippen molar-refractivity contribution in [3.63, 3.8) is 0 Å². The van der Waals surface area contributed by atoms with Crippen LogP contribution in [0.3, 0.4) is 0 Å². The van der Waals surface area contributed by atoms with Crippen LogP contribution >= 0.6 is 0 Å². The molecule has 0 radical (unpaired) electrons. The molecule has 23 heavy (non-hydrogen) atoms. The van der Waals surface area contributed by atoms with Gasteiger partial charge in [0.2, 0.25) is 5.95 Å². The summed E-state index contributed by atoms with van der Waals surface area (Å²) in [4.78, 5) is 4.41. The second kappa shape index (κ2) is 6.12. The lowest BCUT2D eigenvalue weighted by Gasteiger charge is -2.13. The van der Waals surface area contributed by atoms with Gasteiger partial charge in [-0.05, 0) is 26.0 Å². The predicted octanol–water partition coefficient (Wildman–Crippen LogP) is 2.89. The summed E-state index contributed by atoms with van der Waals surface area (Å²) in [5, 5.41) is 15.4. The van der Waals surface area contributed by atoms with Gasteiger partial charge in [0.25, 0.3) is 0 Å². The number of anilines is 1. The van der Waals surface area contributed by atoms with E-state index >= 15 is 0 Å². The van der Waals surface area contributed by atoms with E-state index in [1.807, 2.05) is 31.8 Å². The molecule has 0 aliphatic carbocycles. The third-order valence-electron chi connectivity index (χ3n) is 3.76. The van der Waals surface area contributed by atoms with E-state index in [-0.39, 0.29) is 11.9 Å². The molecule has 3 aromatic rings. The van der Waals surface area contributed by atoms with Crippen LogP contribution in [0.25, 0.3) is 11.3 Å². The van der Waals surface area contributed by atoms with Crippen molar-refractivity contribution in [1.82, 2.24) is 25.0 Å². The highest BCUT2D eigenvalue weighted by Crippen LogP contribution is 2.21. The topological polar surface area (TPSA) is 68.5 Å². The Bertz CT molecular complexity index is 829. The number of aryl methyl sites for hydroxylation is 1. The summed E-state index contributed by atoms with van der Waals surface area (Å²) in [6, 6.07) is 6.22. The Hall–Kier alpha value is -2.83. The van der Waals surface area contributed by atoms with Crippen LogP contribution in [0.4, 0.5) is 10.3 Å². The van der Waals surface area contributed by atoms with Crippen LogP contribution in [0.1, 0.15) is 24.2 Å². The highest BCUT2D eigenvalue weighted by Gasteiger charge is 2.14. The Balaban J connectivity index is 1.84. The summed E-state index contributed by atoms with van der Waals surface area (Å²) in [7, 11) is 1.90. The van der Waals surface area contributed by atoms with E-state index in [1.54, 1.807) is 12.1 Å². The molecule has 118 valence electrons. The zero-order valence-corrected chi connectivity index (χ0v) is 13.2. The maximum absolute atomic E-state index is 13.3. The van der Waals surface area contributed by atoms with Crippen molar-refractivity contribution in [2.24, 2.45) is 7.05 Å². The standard InChI is InChI=1S/C16H17FN6/c1-10(14-8-19-23(3)11(14)2)20-16-21-15(9-18-22-16)12-5-4-6-13(17)7-12/h4-10H,1-3H3,(H,20,21,22)/t10-/m1/s1. The zero-order chi connectivity index (χ0) is 16.4. The van der Waals surface area contributed by atoms with Gasteiger partial charge in [0.05, 0.1) is 24.1 Å². The van der Waals surface area contributed by atoms with E-state index in [4.69, 9.17) is 0 Å². The summed E-state index contributed by atoms with van der Waals surface area (Å²) in [5.41, 5.74) is 3.36. The van der Waals surface area contributed by atoms with Crippen LogP contribution in [-0.2, 0) is 7.05 Å². The molecule has 0 fully saturated rings. The lowest BCUT2D eigenvalue weighted by Crippen LogP contribution is -2.11. The van der Waals surface area contributed by atoms with Crippen LogP contribution in [0, 0.1) is 12.7 Å². The first-order valence-electron chi connectivity index (χ1n) is 7.25. The van der Waals surface area contributed by atoms with E-state index in [9.17, 15) is 4.39 Å². The monoisotopic (exact) mass is 312 g/mol. The molecule has 6 nitrogen and oxygen atoms in total. The average molecular weight is 312 g/mol. The quantitative estimate of drug-likeness (QED) is 0.802. The number of hydrogen-bond donors (Lipinski definition) is 1. The largest absolute Gasteiger partial charge is 0.346 e. The second-order valence-electron chi connectivity index (χ2n) is 5.35. The molecule has 2 heterocycles. The minimum atomic E-state index is -0.310. The van der Waals surface area contributed by atoms with Gasteiger partial charge in [0.15, 0.2) is 0 Å². The van der Waals surface area contributed by atoms with Gasteiger partial charge in [-0.1, -0.05) is 12.1 Å². The average Bonchev–Trinajstić information content (AvgIpc) is 2.87. The Morgan fingerprint density at radius 3 is 2.78 bits per heavy atom. The summed E-state index contributed by atoms with van der Waals surface area (Å²) >= 11 is 0. The van der Waals surface area contributed by atoms with Crippen molar-refractivity contribution in [3.05, 3.63) is 53.7 Å². The predicted molar refractivity (Wildman–Crippen MR) is 85.2 cm³/mol. The Morgan fingerprint density at radius 2 is 2.09 bits per heavy atom. The summed E-state index contributed by atoms with van der Waals surface area (Å²) < 4.78 is 15.2. The van der Waals surface area contributed by atoms with Gasteiger partial charge in [0.1, 0.15) is 5.82 Å². The van der Waals surface area contributed by atoms with Gasteiger partial charge in [-0.3, -0.25) is 4.68 Å². The van der Waals surface area contributed by atoms with Crippen LogP contribution in [0.5, 0.6) is 0 Å². The Morgan fingerprint density at radius 1 is 1.26 bits per heavy atom. The fraction of sp³-hybridized carbons (Fsp3) is 0.250. The summed E-state index contributed by atoms with van der Waals surface area (Å²) in [6.45, 7) is 4.00. The van der Waals surface area contributed by atoms with Gasteiger partial charge in [0, 0.05) is 23.9 Å². The van der Waals surface area contributed by atoms with Crippen LogP contribution in [0.2, 0.25) is 0 Å². The lowest BCUT2D eigenvalue weighted by molar-refractivity contribution is 0.628. The first-order valence-corrected chi connectivity index (χ1v) is 7.25. The molecule has 0 aliphatic heterocycles. The first-order chi connectivity index (χ1) is 11.0. The van der Waals surface area contributed by atoms with E-state index in [0.717, 1.165) is 11.3 Å². The molecule has 0 amide bonds. The van der Waals surface area contributed by atoms with Gasteiger partial charge in [-0.25, -0.2) is 9.37 Å². The summed E-state index contributed by atoms with van der Waals surface area (Å²) in [5.74, 6) is 0.0810. The number of nitrogens with zero attached hydrogens (tertiary/aromatic N) is 5. The molecule has 0 unspecified atom stereocenters. The van der Waals surface area contributed by atoms with Gasteiger partial charge in [-0.15, -0.1) is 5.10 Å². The molecule has 7 heteroatoms. The molecular weight excluding hydrogens is 295 g/mol. The van der Waals surface area contributed by atoms with Crippen molar-refractivity contribution in [3.8, 4) is 11.3 Å². The van der Waals surface area contributed by atoms with E-state index < -0.39 is 0 Å². The van der Waals surface area contributed by atoms with Crippen LogP contribution in [0.15, 0.2) is 36.7 Å². The number of nitrogens with one attached hydrogen (secondary N) is 1. The molecule has 0 bridgehead atoms. The van der Waals surface area contributed by atoms with Crippen molar-refractivity contribution in [2.45, 2.75) is 19.9 Å². The molecule has 3 rings (SSSR count). The molecule has 0 saturated carbocycles. The summed E-state index contributed by atoms with van der Waals surface area (Å²) in [6.07, 6.45) is 3.33. The SMILES string of the molecule is Cc1c([C@@H](C)Nc2nncc(-c3cccc(F)c3)n2)cnn1C. The minimum absolute atomic E-state index is 0.0201. The normalized spacial score (nSPS) is 12.2. The van der Waals surface area contributed by atoms with Crippen molar-refractivity contribution in [1.29, 1.82) is 0 Å². The van der Waals surface area contributed by atoms with E-state index in [2.05, 4.69) is 25.6 Å². The Labute approximate surface area is 133 Å². The molecule has 1 N–H and O–H groups in total.